The van der Waals surface area contributed by atoms with Crippen LogP contribution in [-0.4, -0.2) is 28.4 Å². The number of ether oxygens (including phenoxy) is 1. The number of halogens is 1. The molecule has 0 radical (unpaired) electrons. The Balaban J connectivity index is 3.12. The summed E-state index contributed by atoms with van der Waals surface area (Å²) in [7, 11) is 1.20. The lowest BCUT2D eigenvalue weighted by molar-refractivity contribution is -0.142. The van der Waals surface area contributed by atoms with E-state index in [0.717, 1.165) is 0 Å². The number of methoxy groups -OCH3 is 1. The Bertz CT molecular complexity index is 493. The Morgan fingerprint density at radius 3 is 2.48 bits per heavy atom. The van der Waals surface area contributed by atoms with Crippen LogP contribution in [0.4, 0.5) is 4.39 Å². The van der Waals surface area contributed by atoms with Gasteiger partial charge in [-0.05, 0) is 26.8 Å². The highest BCUT2D eigenvalue weighted by Crippen LogP contribution is 2.24. The van der Waals surface area contributed by atoms with Gasteiger partial charge >= 0.3 is 5.97 Å². The molecule has 0 bridgehead atoms. The highest BCUT2D eigenvalue weighted by molar-refractivity contribution is 7.90. The second-order valence-corrected chi connectivity index (χ2v) is 7.54. The summed E-state index contributed by atoms with van der Waals surface area (Å²) in [6, 6.07) is 3.79. The van der Waals surface area contributed by atoms with Gasteiger partial charge in [-0.1, -0.05) is 18.2 Å². The summed E-state index contributed by atoms with van der Waals surface area (Å²) in [6.45, 7) is 5.29. The van der Waals surface area contributed by atoms with Gasteiger partial charge in [-0.3, -0.25) is 4.79 Å². The molecule has 0 saturated carbocycles. The molecule has 1 rings (SSSR count). The zero-order valence-corrected chi connectivity index (χ0v) is 13.4. The molecule has 5 nitrogen and oxygen atoms in total. The zero-order chi connectivity index (χ0) is 16.2. The van der Waals surface area contributed by atoms with Crippen molar-refractivity contribution in [1.82, 2.24) is 4.72 Å². The number of nitrogens with two attached hydrogens (primary N) is 1. The van der Waals surface area contributed by atoms with E-state index >= 15 is 0 Å². The van der Waals surface area contributed by atoms with Crippen molar-refractivity contribution < 1.29 is 18.5 Å². The van der Waals surface area contributed by atoms with Gasteiger partial charge in [0.15, 0.2) is 0 Å². The Hall–Kier alpha value is -1.15. The standard InChI is InChI=1S/C14H21FN2O3S/c1-14(2,3)21(19)17-12(11(16)13(18)20-4)9-7-5-6-8-10(9)15/h5-8,11-12,17H,16H2,1-4H3/t11-,12-,21?/m1/s1. The quantitative estimate of drug-likeness (QED) is 0.633. The normalized spacial score (nSPS) is 16.1. The molecule has 0 heterocycles. The molecule has 0 aliphatic heterocycles. The van der Waals surface area contributed by atoms with Gasteiger partial charge in [0.1, 0.15) is 22.6 Å². The molecular weight excluding hydrogens is 295 g/mol. The zero-order valence-electron chi connectivity index (χ0n) is 12.6. The molecule has 7 heteroatoms. The first kappa shape index (κ1) is 17.9. The van der Waals surface area contributed by atoms with Gasteiger partial charge in [0.25, 0.3) is 0 Å². The third-order valence-corrected chi connectivity index (χ3v) is 4.44. The predicted molar refractivity (Wildman–Crippen MR) is 80.2 cm³/mol. The van der Waals surface area contributed by atoms with Crippen LogP contribution in [0.5, 0.6) is 0 Å². The van der Waals surface area contributed by atoms with Crippen LogP contribution in [0.3, 0.4) is 0 Å². The highest BCUT2D eigenvalue weighted by atomic mass is 32.2. The minimum Gasteiger partial charge on any atom is -0.598 e. The molecule has 118 valence electrons. The van der Waals surface area contributed by atoms with E-state index in [1.54, 1.807) is 26.8 Å². The summed E-state index contributed by atoms with van der Waals surface area (Å²) in [5, 5.41) is 0. The molecule has 0 fully saturated rings. The lowest BCUT2D eigenvalue weighted by Crippen LogP contribution is -2.50. The van der Waals surface area contributed by atoms with Crippen LogP contribution in [0.15, 0.2) is 24.3 Å². The SMILES string of the molecule is COC(=O)[C@H](N)[C@H](N[S+]([O-])C(C)(C)C)c1ccccc1F. The molecule has 0 aliphatic rings. The molecule has 21 heavy (non-hydrogen) atoms. The lowest BCUT2D eigenvalue weighted by Gasteiger charge is -2.30. The van der Waals surface area contributed by atoms with Gasteiger partial charge in [0.2, 0.25) is 0 Å². The summed E-state index contributed by atoms with van der Waals surface area (Å²) in [5.41, 5.74) is 6.00. The molecule has 0 aromatic heterocycles. The van der Waals surface area contributed by atoms with Crippen LogP contribution in [0.1, 0.15) is 32.4 Å². The number of carbonyl (C=O) groups excluding carboxylic acids is 1. The topological polar surface area (TPSA) is 87.4 Å². The molecule has 0 saturated heterocycles. The number of carbonyl (C=O) groups is 1. The van der Waals surface area contributed by atoms with Gasteiger partial charge in [-0.2, -0.15) is 0 Å². The molecule has 3 N–H and O–H groups in total. The summed E-state index contributed by atoms with van der Waals surface area (Å²) < 4.78 is 33.0. The van der Waals surface area contributed by atoms with Crippen molar-refractivity contribution in [3.63, 3.8) is 0 Å². The Labute approximate surface area is 127 Å². The maximum Gasteiger partial charge on any atom is 0.324 e. The van der Waals surface area contributed by atoms with Gasteiger partial charge < -0.3 is 15.0 Å². The third kappa shape index (κ3) is 4.67. The summed E-state index contributed by atoms with van der Waals surface area (Å²) >= 11 is -1.52. The highest BCUT2D eigenvalue weighted by Gasteiger charge is 2.36. The number of hydrogen-bond acceptors (Lipinski definition) is 5. The van der Waals surface area contributed by atoms with Crippen molar-refractivity contribution in [3.05, 3.63) is 35.6 Å². The fourth-order valence-electron chi connectivity index (χ4n) is 1.62. The molecule has 1 aromatic carbocycles. The first-order chi connectivity index (χ1) is 9.68. The number of benzene rings is 1. The van der Waals surface area contributed by atoms with E-state index < -0.39 is 40.0 Å². The lowest BCUT2D eigenvalue weighted by atomic mass is 10.0. The van der Waals surface area contributed by atoms with Crippen molar-refractivity contribution in [3.8, 4) is 0 Å². The molecule has 0 spiro atoms. The molecule has 3 atom stereocenters. The Morgan fingerprint density at radius 2 is 2.00 bits per heavy atom. The van der Waals surface area contributed by atoms with E-state index in [2.05, 4.69) is 9.46 Å². The maximum atomic E-state index is 14.0. The van der Waals surface area contributed by atoms with Crippen molar-refractivity contribution in [2.75, 3.05) is 7.11 Å². The summed E-state index contributed by atoms with van der Waals surface area (Å²) in [4.78, 5) is 11.7. The van der Waals surface area contributed by atoms with Gasteiger partial charge in [-0.25, -0.2) is 4.39 Å². The Kier molecular flexibility index (Phi) is 6.15. The average molecular weight is 316 g/mol. The van der Waals surface area contributed by atoms with Crippen LogP contribution in [-0.2, 0) is 20.9 Å². The van der Waals surface area contributed by atoms with Gasteiger partial charge in [0, 0.05) is 16.9 Å². The van der Waals surface area contributed by atoms with E-state index in [0.29, 0.717) is 0 Å². The monoisotopic (exact) mass is 316 g/mol. The van der Waals surface area contributed by atoms with E-state index in [-0.39, 0.29) is 5.56 Å². The number of nitrogens with one attached hydrogen (secondary N) is 1. The minimum absolute atomic E-state index is 0.174. The summed E-state index contributed by atoms with van der Waals surface area (Å²) in [6.07, 6.45) is 0. The molecule has 0 amide bonds. The third-order valence-electron chi connectivity index (χ3n) is 2.86. The number of esters is 1. The van der Waals surface area contributed by atoms with Crippen LogP contribution < -0.4 is 10.5 Å². The second-order valence-electron chi connectivity index (χ2n) is 5.55. The van der Waals surface area contributed by atoms with Crippen LogP contribution in [0.2, 0.25) is 0 Å². The van der Waals surface area contributed by atoms with Crippen molar-refractivity contribution in [1.29, 1.82) is 0 Å². The predicted octanol–water partition coefficient (Wildman–Crippen LogP) is 1.42. The van der Waals surface area contributed by atoms with Crippen molar-refractivity contribution >= 4 is 17.3 Å². The van der Waals surface area contributed by atoms with Crippen molar-refractivity contribution in [2.45, 2.75) is 37.6 Å². The van der Waals surface area contributed by atoms with Gasteiger partial charge in [-0.15, -0.1) is 4.72 Å². The molecule has 1 aromatic rings. The van der Waals surface area contributed by atoms with E-state index in [1.165, 1.54) is 25.3 Å². The summed E-state index contributed by atoms with van der Waals surface area (Å²) in [5.74, 6) is -1.23. The smallest absolute Gasteiger partial charge is 0.324 e. The fourth-order valence-corrected chi connectivity index (χ4v) is 2.48. The largest absolute Gasteiger partial charge is 0.598 e. The van der Waals surface area contributed by atoms with Crippen molar-refractivity contribution in [2.24, 2.45) is 5.73 Å². The fraction of sp³-hybridized carbons (Fsp3) is 0.500. The second kappa shape index (κ2) is 7.22. The van der Waals surface area contributed by atoms with Crippen LogP contribution in [0, 0.1) is 5.82 Å². The minimum atomic E-state index is -1.52. The average Bonchev–Trinajstić information content (AvgIpc) is 2.42. The first-order valence-electron chi connectivity index (χ1n) is 6.44. The Morgan fingerprint density at radius 1 is 1.43 bits per heavy atom. The molecule has 0 aliphatic carbocycles. The van der Waals surface area contributed by atoms with E-state index in [9.17, 15) is 13.7 Å². The first-order valence-corrected chi connectivity index (χ1v) is 7.59. The number of hydrogen-bond donors (Lipinski definition) is 2. The van der Waals surface area contributed by atoms with E-state index in [4.69, 9.17) is 5.73 Å². The van der Waals surface area contributed by atoms with Crippen LogP contribution >= 0.6 is 0 Å². The molecule has 1 unspecified atom stereocenters. The van der Waals surface area contributed by atoms with Gasteiger partial charge in [0.05, 0.1) is 7.11 Å². The number of rotatable bonds is 5. The van der Waals surface area contributed by atoms with Crippen LogP contribution in [0.25, 0.3) is 0 Å². The van der Waals surface area contributed by atoms with E-state index in [1.807, 2.05) is 0 Å². The maximum absolute atomic E-state index is 14.0. The molecular formula is C14H21FN2O3S.